The summed E-state index contributed by atoms with van der Waals surface area (Å²) < 4.78 is 15.1. The molecule has 0 aromatic rings. The van der Waals surface area contributed by atoms with E-state index in [0.29, 0.717) is 6.42 Å². The van der Waals surface area contributed by atoms with Gasteiger partial charge >= 0.3 is 17.9 Å². The first-order valence-corrected chi connectivity index (χ1v) is 6.04. The van der Waals surface area contributed by atoms with E-state index in [2.05, 4.69) is 0 Å². The fourth-order valence-electron chi connectivity index (χ4n) is 1.88. The van der Waals surface area contributed by atoms with Gasteiger partial charge in [0.25, 0.3) is 0 Å². The average molecular weight is 270 g/mol. The molecular formula is C13H18O6. The number of ether oxygens (including phenoxy) is 3. The molecule has 1 aliphatic rings. The van der Waals surface area contributed by atoms with Crippen LogP contribution in [0.25, 0.3) is 0 Å². The average Bonchev–Trinajstić information content (AvgIpc) is 2.28. The lowest BCUT2D eigenvalue weighted by Crippen LogP contribution is -2.38. The molecular weight excluding hydrogens is 252 g/mol. The Morgan fingerprint density at radius 2 is 1.63 bits per heavy atom. The van der Waals surface area contributed by atoms with Gasteiger partial charge in [-0.05, 0) is 12.5 Å². The van der Waals surface area contributed by atoms with Gasteiger partial charge in [-0.2, -0.15) is 0 Å². The van der Waals surface area contributed by atoms with E-state index in [1.54, 1.807) is 12.2 Å². The Kier molecular flexibility index (Phi) is 5.54. The predicted molar refractivity (Wildman–Crippen MR) is 65.0 cm³/mol. The van der Waals surface area contributed by atoms with Gasteiger partial charge in [-0.3, -0.25) is 14.4 Å². The summed E-state index contributed by atoms with van der Waals surface area (Å²) in [4.78, 5) is 32.8. The highest BCUT2D eigenvalue weighted by Gasteiger charge is 2.31. The van der Waals surface area contributed by atoms with Gasteiger partial charge in [0.05, 0.1) is 6.61 Å². The van der Waals surface area contributed by atoms with Gasteiger partial charge in [0, 0.05) is 26.7 Å². The molecule has 0 amide bonds. The minimum absolute atomic E-state index is 0.0555. The SMILES string of the molecule is CC(=O)OCC1C=CC(OC(C)=O)[C@@H](OC(C)=O)C1. The summed E-state index contributed by atoms with van der Waals surface area (Å²) in [7, 11) is 0. The van der Waals surface area contributed by atoms with Crippen molar-refractivity contribution < 1.29 is 28.6 Å². The van der Waals surface area contributed by atoms with Crippen LogP contribution in [0.4, 0.5) is 0 Å². The highest BCUT2D eigenvalue weighted by molar-refractivity contribution is 5.67. The van der Waals surface area contributed by atoms with Crippen LogP contribution in [-0.4, -0.2) is 36.7 Å². The van der Waals surface area contributed by atoms with E-state index < -0.39 is 24.1 Å². The molecule has 0 saturated carbocycles. The van der Waals surface area contributed by atoms with Crippen LogP contribution in [0.2, 0.25) is 0 Å². The summed E-state index contributed by atoms with van der Waals surface area (Å²) >= 11 is 0. The van der Waals surface area contributed by atoms with Gasteiger partial charge in [-0.15, -0.1) is 0 Å². The minimum atomic E-state index is -0.588. The van der Waals surface area contributed by atoms with E-state index in [0.717, 1.165) is 0 Å². The lowest BCUT2D eigenvalue weighted by Gasteiger charge is -2.30. The van der Waals surface area contributed by atoms with Crippen LogP contribution in [0.15, 0.2) is 12.2 Å². The maximum absolute atomic E-state index is 11.0. The molecule has 0 saturated heterocycles. The number of hydrogen-bond acceptors (Lipinski definition) is 6. The molecule has 106 valence electrons. The van der Waals surface area contributed by atoms with Gasteiger partial charge in [0.1, 0.15) is 6.10 Å². The van der Waals surface area contributed by atoms with Crippen molar-refractivity contribution in [3.05, 3.63) is 12.2 Å². The zero-order chi connectivity index (χ0) is 14.4. The van der Waals surface area contributed by atoms with Crippen LogP contribution < -0.4 is 0 Å². The normalized spacial score (nSPS) is 25.5. The third-order valence-corrected chi connectivity index (χ3v) is 2.59. The number of carbonyl (C=O) groups excluding carboxylic acids is 3. The Balaban J connectivity index is 2.66. The minimum Gasteiger partial charge on any atom is -0.465 e. The van der Waals surface area contributed by atoms with Gasteiger partial charge in [-0.25, -0.2) is 0 Å². The van der Waals surface area contributed by atoms with E-state index in [9.17, 15) is 14.4 Å². The van der Waals surface area contributed by atoms with Crippen LogP contribution in [-0.2, 0) is 28.6 Å². The van der Waals surface area contributed by atoms with Gasteiger partial charge in [0.2, 0.25) is 0 Å². The summed E-state index contributed by atoms with van der Waals surface area (Å²) in [5.41, 5.74) is 0. The molecule has 0 fully saturated rings. The molecule has 0 aliphatic heterocycles. The first-order valence-electron chi connectivity index (χ1n) is 6.04. The quantitative estimate of drug-likeness (QED) is 0.430. The van der Waals surface area contributed by atoms with Crippen LogP contribution >= 0.6 is 0 Å². The van der Waals surface area contributed by atoms with E-state index in [1.165, 1.54) is 20.8 Å². The van der Waals surface area contributed by atoms with Crippen molar-refractivity contribution in [2.45, 2.75) is 39.4 Å². The maximum Gasteiger partial charge on any atom is 0.303 e. The molecule has 6 heteroatoms. The molecule has 0 aromatic carbocycles. The smallest absolute Gasteiger partial charge is 0.303 e. The summed E-state index contributed by atoms with van der Waals surface area (Å²) in [6.45, 7) is 4.14. The Labute approximate surface area is 111 Å². The Hall–Kier alpha value is -1.85. The molecule has 1 aliphatic carbocycles. The second-order valence-corrected chi connectivity index (χ2v) is 4.41. The third-order valence-electron chi connectivity index (χ3n) is 2.59. The molecule has 0 N–H and O–H groups in total. The first-order chi connectivity index (χ1) is 8.88. The maximum atomic E-state index is 11.0. The fourth-order valence-corrected chi connectivity index (χ4v) is 1.88. The van der Waals surface area contributed by atoms with Crippen molar-refractivity contribution in [1.29, 1.82) is 0 Å². The zero-order valence-electron chi connectivity index (χ0n) is 11.3. The third kappa shape index (κ3) is 5.54. The second-order valence-electron chi connectivity index (χ2n) is 4.41. The second kappa shape index (κ2) is 6.92. The van der Waals surface area contributed by atoms with Gasteiger partial charge in [0.15, 0.2) is 6.10 Å². The topological polar surface area (TPSA) is 78.9 Å². The summed E-state index contributed by atoms with van der Waals surface area (Å²) in [6, 6.07) is 0. The van der Waals surface area contributed by atoms with Crippen molar-refractivity contribution in [2.24, 2.45) is 5.92 Å². The highest BCUT2D eigenvalue weighted by atomic mass is 16.6. The molecule has 0 bridgehead atoms. The van der Waals surface area contributed by atoms with E-state index in [-0.39, 0.29) is 18.5 Å². The van der Waals surface area contributed by atoms with E-state index in [4.69, 9.17) is 14.2 Å². The largest absolute Gasteiger partial charge is 0.465 e. The van der Waals surface area contributed by atoms with Crippen molar-refractivity contribution in [1.82, 2.24) is 0 Å². The Morgan fingerprint density at radius 1 is 1.00 bits per heavy atom. The molecule has 3 atom stereocenters. The van der Waals surface area contributed by atoms with Crippen LogP contribution in [0.3, 0.4) is 0 Å². The molecule has 2 unspecified atom stereocenters. The van der Waals surface area contributed by atoms with Crippen LogP contribution in [0, 0.1) is 5.92 Å². The number of esters is 3. The standard InChI is InChI=1S/C13H18O6/c1-8(14)17-7-11-4-5-12(18-9(2)15)13(6-11)19-10(3)16/h4-5,11-13H,6-7H2,1-3H3/t11?,12?,13-/m0/s1. The highest BCUT2D eigenvalue weighted by Crippen LogP contribution is 2.23. The van der Waals surface area contributed by atoms with Crippen LogP contribution in [0.5, 0.6) is 0 Å². The summed E-state index contributed by atoms with van der Waals surface area (Å²) in [5, 5.41) is 0. The molecule has 6 nitrogen and oxygen atoms in total. The van der Waals surface area contributed by atoms with Gasteiger partial charge < -0.3 is 14.2 Å². The molecule has 19 heavy (non-hydrogen) atoms. The van der Waals surface area contributed by atoms with Crippen LogP contribution in [0.1, 0.15) is 27.2 Å². The van der Waals surface area contributed by atoms with E-state index in [1.807, 2.05) is 0 Å². The van der Waals surface area contributed by atoms with Crippen molar-refractivity contribution in [2.75, 3.05) is 6.61 Å². The van der Waals surface area contributed by atoms with Crippen molar-refractivity contribution in [3.63, 3.8) is 0 Å². The number of rotatable bonds is 4. The summed E-state index contributed by atoms with van der Waals surface area (Å²) in [5.74, 6) is -1.30. The predicted octanol–water partition coefficient (Wildman–Crippen LogP) is 0.989. The Morgan fingerprint density at radius 3 is 2.16 bits per heavy atom. The Bertz CT molecular complexity index is 387. The molecule has 0 aromatic heterocycles. The lowest BCUT2D eigenvalue weighted by atomic mass is 9.92. The lowest BCUT2D eigenvalue weighted by molar-refractivity contribution is -0.164. The zero-order valence-corrected chi connectivity index (χ0v) is 11.3. The van der Waals surface area contributed by atoms with Crippen molar-refractivity contribution in [3.8, 4) is 0 Å². The number of hydrogen-bond donors (Lipinski definition) is 0. The number of carbonyl (C=O) groups is 3. The molecule has 0 radical (unpaired) electrons. The fraction of sp³-hybridized carbons (Fsp3) is 0.615. The molecule has 0 heterocycles. The first kappa shape index (κ1) is 15.2. The van der Waals surface area contributed by atoms with Crippen molar-refractivity contribution >= 4 is 17.9 Å². The monoisotopic (exact) mass is 270 g/mol. The molecule has 1 rings (SSSR count). The van der Waals surface area contributed by atoms with Gasteiger partial charge in [-0.1, -0.05) is 6.08 Å². The molecule has 0 spiro atoms. The summed E-state index contributed by atoms with van der Waals surface area (Å²) in [6.07, 6.45) is 2.77. The van der Waals surface area contributed by atoms with E-state index >= 15 is 0 Å².